The molecule has 1 spiro atoms. The second kappa shape index (κ2) is 9.69. The van der Waals surface area contributed by atoms with Crippen LogP contribution in [0.25, 0.3) is 6.08 Å². The highest BCUT2D eigenvalue weighted by atomic mass is 16.5. The summed E-state index contributed by atoms with van der Waals surface area (Å²) < 4.78 is 11.0. The van der Waals surface area contributed by atoms with Crippen molar-refractivity contribution < 1.29 is 23.9 Å². The van der Waals surface area contributed by atoms with Gasteiger partial charge in [0.2, 0.25) is 11.7 Å². The highest BCUT2D eigenvalue weighted by Gasteiger charge is 2.71. The van der Waals surface area contributed by atoms with Crippen LogP contribution in [0.3, 0.4) is 0 Å². The number of pyridine rings is 1. The third-order valence-corrected chi connectivity index (χ3v) is 8.71. The van der Waals surface area contributed by atoms with Crippen LogP contribution < -0.4 is 14.8 Å². The first kappa shape index (κ1) is 25.7. The number of hydrogen-bond donors (Lipinski definition) is 1. The van der Waals surface area contributed by atoms with E-state index in [1.807, 2.05) is 65.7 Å². The Morgan fingerprint density at radius 3 is 2.48 bits per heavy atom. The maximum atomic E-state index is 15.0. The van der Waals surface area contributed by atoms with Gasteiger partial charge in [-0.3, -0.25) is 19.4 Å². The van der Waals surface area contributed by atoms with Gasteiger partial charge >= 0.3 is 0 Å². The molecular weight excluding hydrogens is 530 g/mol. The molecule has 1 saturated heterocycles. The molecule has 7 rings (SSSR count). The van der Waals surface area contributed by atoms with Crippen LogP contribution in [0.4, 0.5) is 5.69 Å². The summed E-state index contributed by atoms with van der Waals surface area (Å²) in [6.07, 6.45) is 5.32. The molecule has 208 valence electrons. The van der Waals surface area contributed by atoms with Crippen LogP contribution in [-0.4, -0.2) is 47.6 Å². The lowest BCUT2D eigenvalue weighted by Gasteiger charge is -2.38. The van der Waals surface area contributed by atoms with Gasteiger partial charge in [0.25, 0.3) is 0 Å². The number of carbonyl (C=O) groups is 3. The maximum absolute atomic E-state index is 15.0. The Labute approximate surface area is 242 Å². The van der Waals surface area contributed by atoms with E-state index in [1.165, 1.54) is 14.2 Å². The molecule has 4 unspecified atom stereocenters. The van der Waals surface area contributed by atoms with Crippen molar-refractivity contribution in [2.45, 2.75) is 17.5 Å². The Balaban J connectivity index is 1.54. The number of hydrogen-bond acceptors (Lipinski definition) is 7. The third-order valence-electron chi connectivity index (χ3n) is 8.71. The molecule has 1 fully saturated rings. The number of para-hydroxylation sites is 1. The van der Waals surface area contributed by atoms with Crippen molar-refractivity contribution in [3.05, 3.63) is 125 Å². The van der Waals surface area contributed by atoms with E-state index in [1.54, 1.807) is 42.6 Å². The summed E-state index contributed by atoms with van der Waals surface area (Å²) in [6, 6.07) is 23.6. The molecular formula is C34H27N3O5. The smallest absolute Gasteiger partial charge is 0.238 e. The molecule has 8 heteroatoms. The number of nitrogens with one attached hydrogen (secondary N) is 1. The van der Waals surface area contributed by atoms with Crippen molar-refractivity contribution in [1.29, 1.82) is 0 Å². The van der Waals surface area contributed by atoms with Crippen LogP contribution in [0.2, 0.25) is 0 Å². The molecule has 1 amide bonds. The second-order valence-corrected chi connectivity index (χ2v) is 10.6. The minimum absolute atomic E-state index is 0.219. The van der Waals surface area contributed by atoms with Gasteiger partial charge in [-0.15, -0.1) is 0 Å². The van der Waals surface area contributed by atoms with Crippen molar-refractivity contribution in [2.24, 2.45) is 5.92 Å². The minimum Gasteiger partial charge on any atom is -0.497 e. The van der Waals surface area contributed by atoms with Gasteiger partial charge in [0, 0.05) is 24.2 Å². The Bertz CT molecular complexity index is 1790. The number of aromatic nitrogens is 1. The summed E-state index contributed by atoms with van der Waals surface area (Å²) >= 11 is 0. The highest BCUT2D eigenvalue weighted by Crippen LogP contribution is 2.62. The van der Waals surface area contributed by atoms with Gasteiger partial charge in [0.05, 0.1) is 31.7 Å². The van der Waals surface area contributed by atoms with Crippen LogP contribution >= 0.6 is 0 Å². The summed E-state index contributed by atoms with van der Waals surface area (Å²) in [6.45, 7) is 0. The van der Waals surface area contributed by atoms with E-state index in [2.05, 4.69) is 10.3 Å². The van der Waals surface area contributed by atoms with Crippen molar-refractivity contribution in [2.75, 3.05) is 19.5 Å². The summed E-state index contributed by atoms with van der Waals surface area (Å²) in [5.74, 6) is -1.36. The van der Waals surface area contributed by atoms with E-state index in [0.29, 0.717) is 22.7 Å². The van der Waals surface area contributed by atoms with Gasteiger partial charge in [0.15, 0.2) is 5.78 Å². The predicted molar refractivity (Wildman–Crippen MR) is 157 cm³/mol. The fourth-order valence-electron chi connectivity index (χ4n) is 7.00. The minimum atomic E-state index is -1.44. The fraction of sp³-hybridized carbons (Fsp3) is 0.176. The Hall–Kier alpha value is -5.24. The topological polar surface area (TPSA) is 97.8 Å². The van der Waals surface area contributed by atoms with E-state index in [0.717, 1.165) is 11.1 Å². The number of benzene rings is 3. The number of ketones is 2. The number of anilines is 1. The molecule has 4 aromatic rings. The number of carbonyl (C=O) groups excluding carboxylic acids is 3. The normalized spacial score (nSPS) is 23.1. The molecule has 0 saturated carbocycles. The monoisotopic (exact) mass is 557 g/mol. The van der Waals surface area contributed by atoms with Crippen molar-refractivity contribution >= 4 is 29.2 Å². The van der Waals surface area contributed by atoms with Gasteiger partial charge in [-0.1, -0.05) is 48.5 Å². The number of ether oxygens (including phenoxy) is 2. The zero-order valence-corrected chi connectivity index (χ0v) is 23.0. The first-order chi connectivity index (χ1) is 20.5. The lowest BCUT2D eigenvalue weighted by molar-refractivity contribution is -0.122. The average Bonchev–Trinajstić information content (AvgIpc) is 3.52. The molecule has 42 heavy (non-hydrogen) atoms. The second-order valence-electron chi connectivity index (χ2n) is 10.6. The molecule has 4 heterocycles. The number of rotatable bonds is 6. The van der Waals surface area contributed by atoms with Crippen molar-refractivity contribution in [3.8, 4) is 11.5 Å². The molecule has 3 aromatic carbocycles. The van der Waals surface area contributed by atoms with E-state index < -0.39 is 23.4 Å². The number of methoxy groups -OCH3 is 2. The molecule has 0 bridgehead atoms. The lowest BCUT2D eigenvalue weighted by Crippen LogP contribution is -2.49. The molecule has 0 aliphatic carbocycles. The molecule has 3 aliphatic rings. The summed E-state index contributed by atoms with van der Waals surface area (Å²) in [4.78, 5) is 50.3. The summed E-state index contributed by atoms with van der Waals surface area (Å²) in [5.41, 5.74) is 2.14. The van der Waals surface area contributed by atoms with Crippen LogP contribution in [-0.2, 0) is 10.2 Å². The molecule has 8 nitrogen and oxygen atoms in total. The summed E-state index contributed by atoms with van der Waals surface area (Å²) in [5, 5.41) is 3.06. The van der Waals surface area contributed by atoms with Gasteiger partial charge in [-0.2, -0.15) is 0 Å². The number of nitrogens with zero attached hydrogens (tertiary/aromatic N) is 2. The summed E-state index contributed by atoms with van der Waals surface area (Å²) in [7, 11) is 3.01. The largest absolute Gasteiger partial charge is 0.497 e. The average molecular weight is 558 g/mol. The predicted octanol–water partition coefficient (Wildman–Crippen LogP) is 5.08. The lowest BCUT2D eigenvalue weighted by atomic mass is 9.62. The first-order valence-corrected chi connectivity index (χ1v) is 13.7. The van der Waals surface area contributed by atoms with Gasteiger partial charge in [-0.05, 0) is 53.1 Å². The quantitative estimate of drug-likeness (QED) is 0.330. The molecule has 1 N–H and O–H groups in total. The zero-order valence-electron chi connectivity index (χ0n) is 23.0. The van der Waals surface area contributed by atoms with E-state index in [-0.39, 0.29) is 28.7 Å². The van der Waals surface area contributed by atoms with E-state index >= 15 is 4.79 Å². The van der Waals surface area contributed by atoms with E-state index in [9.17, 15) is 9.59 Å². The van der Waals surface area contributed by atoms with Gasteiger partial charge in [-0.25, -0.2) is 0 Å². The number of Topliss-reactive ketones (excluding diaryl/α,β-unsaturated/α-hetero) is 2. The third kappa shape index (κ3) is 3.48. The number of amides is 1. The first-order valence-electron chi connectivity index (χ1n) is 13.7. The SMILES string of the molecule is COc1ccc(C(=O)C2C(C(=O)c3ccccn3)N3C=Cc4ccccc4C3C23C(=O)Nc2ccccc23)c(OC)c1. The van der Waals surface area contributed by atoms with Gasteiger partial charge < -0.3 is 19.7 Å². The standard InChI is InChI=1S/C34H27N3O5/c1-41-21-14-15-23(27(19-21)42-2)30(38)28-29(31(39)26-13-7-8-17-35-26)37-18-16-20-9-3-4-10-22(20)32(37)34(28)24-11-5-6-12-25(24)36-33(34)40/h3-19,28-29,32H,1-2H3,(H,36,40). The van der Waals surface area contributed by atoms with Crippen molar-refractivity contribution in [1.82, 2.24) is 9.88 Å². The fourth-order valence-corrected chi connectivity index (χ4v) is 7.00. The Morgan fingerprint density at radius 1 is 0.905 bits per heavy atom. The highest BCUT2D eigenvalue weighted by molar-refractivity contribution is 6.17. The molecule has 0 radical (unpaired) electrons. The Kier molecular flexibility index (Phi) is 5.93. The van der Waals surface area contributed by atoms with Crippen LogP contribution in [0.5, 0.6) is 11.5 Å². The number of fused-ring (bicyclic) bond motifs is 6. The van der Waals surface area contributed by atoms with Crippen LogP contribution in [0, 0.1) is 5.92 Å². The maximum Gasteiger partial charge on any atom is 0.238 e. The van der Waals surface area contributed by atoms with E-state index in [4.69, 9.17) is 9.47 Å². The van der Waals surface area contributed by atoms with Crippen LogP contribution in [0.1, 0.15) is 43.6 Å². The molecule has 3 aliphatic heterocycles. The molecule has 1 aromatic heterocycles. The Morgan fingerprint density at radius 2 is 1.69 bits per heavy atom. The van der Waals surface area contributed by atoms with Crippen molar-refractivity contribution in [3.63, 3.8) is 0 Å². The van der Waals surface area contributed by atoms with Crippen LogP contribution in [0.15, 0.2) is 97.3 Å². The zero-order chi connectivity index (χ0) is 29.0. The molecule has 4 atom stereocenters. The van der Waals surface area contributed by atoms with Gasteiger partial charge in [0.1, 0.15) is 28.6 Å².